The standard InChI is InChI=1S/C17H20F6N2/c1-10-9-25(5-4-24-10)15(11-7-16(19,20)8-11)13-3-2-12(6-14(13)18)17(21,22)23/h2-3,6,10-11,15,24H,4-5,7-9H2,1H3. The molecule has 0 bridgehead atoms. The van der Waals surface area contributed by atoms with Crippen molar-refractivity contribution in [2.45, 2.75) is 43.9 Å². The van der Waals surface area contributed by atoms with Crippen molar-refractivity contribution in [3.63, 3.8) is 0 Å². The first-order valence-corrected chi connectivity index (χ1v) is 8.29. The number of nitrogens with one attached hydrogen (secondary N) is 1. The van der Waals surface area contributed by atoms with Crippen molar-refractivity contribution >= 4 is 0 Å². The number of benzene rings is 1. The molecule has 1 saturated carbocycles. The molecule has 2 nitrogen and oxygen atoms in total. The van der Waals surface area contributed by atoms with Gasteiger partial charge in [0.2, 0.25) is 5.92 Å². The molecule has 1 aromatic rings. The van der Waals surface area contributed by atoms with Gasteiger partial charge in [0, 0.05) is 50.1 Å². The normalized spacial score (nSPS) is 26.3. The van der Waals surface area contributed by atoms with Crippen LogP contribution in [0.15, 0.2) is 18.2 Å². The van der Waals surface area contributed by atoms with Gasteiger partial charge in [-0.1, -0.05) is 6.07 Å². The number of alkyl halides is 5. The molecule has 0 radical (unpaired) electrons. The molecule has 0 spiro atoms. The predicted octanol–water partition coefficient (Wildman–Crippen LogP) is 4.22. The molecule has 140 valence electrons. The Morgan fingerprint density at radius 3 is 2.44 bits per heavy atom. The third kappa shape index (κ3) is 3.95. The van der Waals surface area contributed by atoms with Crippen molar-refractivity contribution < 1.29 is 26.3 Å². The number of nitrogens with zero attached hydrogens (tertiary/aromatic N) is 1. The van der Waals surface area contributed by atoms with Crippen molar-refractivity contribution in [1.29, 1.82) is 0 Å². The second kappa shape index (κ2) is 6.46. The summed E-state index contributed by atoms with van der Waals surface area (Å²) in [5.41, 5.74) is -0.997. The molecular formula is C17H20F6N2. The van der Waals surface area contributed by atoms with E-state index in [0.29, 0.717) is 25.7 Å². The Balaban J connectivity index is 1.91. The van der Waals surface area contributed by atoms with Gasteiger partial charge in [0.1, 0.15) is 5.82 Å². The van der Waals surface area contributed by atoms with E-state index in [9.17, 15) is 26.3 Å². The van der Waals surface area contributed by atoms with Gasteiger partial charge in [0.15, 0.2) is 0 Å². The Morgan fingerprint density at radius 1 is 1.24 bits per heavy atom. The van der Waals surface area contributed by atoms with Crippen molar-refractivity contribution in [3.8, 4) is 0 Å². The molecule has 2 fully saturated rings. The molecule has 3 rings (SSSR count). The lowest BCUT2D eigenvalue weighted by atomic mass is 9.73. The smallest absolute Gasteiger partial charge is 0.312 e. The van der Waals surface area contributed by atoms with Crippen molar-refractivity contribution in [3.05, 3.63) is 35.1 Å². The predicted molar refractivity (Wildman–Crippen MR) is 80.9 cm³/mol. The summed E-state index contributed by atoms with van der Waals surface area (Å²) in [5.74, 6) is -4.22. The minimum absolute atomic E-state index is 0.0719. The maximum Gasteiger partial charge on any atom is 0.416 e. The zero-order chi connectivity index (χ0) is 18.4. The molecule has 2 aliphatic rings. The molecule has 1 heterocycles. The summed E-state index contributed by atoms with van der Waals surface area (Å²) < 4.78 is 79.5. The Morgan fingerprint density at radius 2 is 1.92 bits per heavy atom. The number of hydrogen-bond donors (Lipinski definition) is 1. The summed E-state index contributed by atoms with van der Waals surface area (Å²) in [4.78, 5) is 1.91. The maximum absolute atomic E-state index is 14.5. The third-order valence-electron chi connectivity index (χ3n) is 5.01. The van der Waals surface area contributed by atoms with E-state index in [-0.39, 0.29) is 24.4 Å². The van der Waals surface area contributed by atoms with Crippen LogP contribution < -0.4 is 5.32 Å². The first-order chi connectivity index (χ1) is 11.6. The molecule has 25 heavy (non-hydrogen) atoms. The Hall–Kier alpha value is -1.28. The Labute approximate surface area is 142 Å². The van der Waals surface area contributed by atoms with Gasteiger partial charge in [-0.2, -0.15) is 13.2 Å². The average Bonchev–Trinajstić information content (AvgIpc) is 2.46. The molecule has 1 aromatic carbocycles. The topological polar surface area (TPSA) is 15.3 Å². The van der Waals surface area contributed by atoms with Gasteiger partial charge in [0.25, 0.3) is 0 Å². The zero-order valence-electron chi connectivity index (χ0n) is 13.7. The molecular weight excluding hydrogens is 346 g/mol. The number of rotatable bonds is 3. The van der Waals surface area contributed by atoms with Gasteiger partial charge >= 0.3 is 6.18 Å². The highest BCUT2D eigenvalue weighted by molar-refractivity contribution is 5.30. The fourth-order valence-electron chi connectivity index (χ4n) is 3.84. The molecule has 1 aliphatic heterocycles. The van der Waals surface area contributed by atoms with Crippen molar-refractivity contribution in [2.75, 3.05) is 19.6 Å². The van der Waals surface area contributed by atoms with Crippen LogP contribution in [0.5, 0.6) is 0 Å². The fourth-order valence-corrected chi connectivity index (χ4v) is 3.84. The molecule has 0 aromatic heterocycles. The second-order valence-corrected chi connectivity index (χ2v) is 7.05. The summed E-state index contributed by atoms with van der Waals surface area (Å²) in [6.07, 6.45) is -5.37. The first-order valence-electron chi connectivity index (χ1n) is 8.29. The average molecular weight is 366 g/mol. The van der Waals surface area contributed by atoms with Crippen molar-refractivity contribution in [1.82, 2.24) is 10.2 Å². The summed E-state index contributed by atoms with van der Waals surface area (Å²) >= 11 is 0. The van der Waals surface area contributed by atoms with Crippen LogP contribution in [-0.2, 0) is 6.18 Å². The fraction of sp³-hybridized carbons (Fsp3) is 0.647. The van der Waals surface area contributed by atoms with Crippen LogP contribution in [0.2, 0.25) is 0 Å². The highest BCUT2D eigenvalue weighted by Gasteiger charge is 2.51. The van der Waals surface area contributed by atoms with Crippen molar-refractivity contribution in [2.24, 2.45) is 5.92 Å². The van der Waals surface area contributed by atoms with E-state index in [4.69, 9.17) is 0 Å². The highest BCUT2D eigenvalue weighted by atomic mass is 19.4. The molecule has 0 amide bonds. The summed E-state index contributed by atoms with van der Waals surface area (Å²) in [5, 5.41) is 3.22. The number of piperazine rings is 1. The lowest BCUT2D eigenvalue weighted by Gasteiger charge is -2.47. The van der Waals surface area contributed by atoms with Crippen LogP contribution in [0.25, 0.3) is 0 Å². The van der Waals surface area contributed by atoms with E-state index < -0.39 is 35.4 Å². The Bertz CT molecular complexity index is 622. The minimum Gasteiger partial charge on any atom is -0.312 e. The molecule has 1 N–H and O–H groups in total. The quantitative estimate of drug-likeness (QED) is 0.806. The summed E-state index contributed by atoms with van der Waals surface area (Å²) in [7, 11) is 0. The van der Waals surface area contributed by atoms with E-state index >= 15 is 0 Å². The molecule has 2 atom stereocenters. The molecule has 1 aliphatic carbocycles. The van der Waals surface area contributed by atoms with Gasteiger partial charge in [0.05, 0.1) is 5.56 Å². The van der Waals surface area contributed by atoms with E-state index in [1.54, 1.807) is 0 Å². The second-order valence-electron chi connectivity index (χ2n) is 7.05. The largest absolute Gasteiger partial charge is 0.416 e. The molecule has 1 saturated heterocycles. The van der Waals surface area contributed by atoms with E-state index in [2.05, 4.69) is 5.32 Å². The SMILES string of the molecule is CC1CN(C(c2ccc(C(F)(F)F)cc2F)C2CC(F)(F)C2)CCN1. The zero-order valence-corrected chi connectivity index (χ0v) is 13.7. The van der Waals surface area contributed by atoms with Crippen LogP contribution in [0.4, 0.5) is 26.3 Å². The maximum atomic E-state index is 14.5. The van der Waals surface area contributed by atoms with Crippen LogP contribution in [0.1, 0.15) is 36.9 Å². The third-order valence-corrected chi connectivity index (χ3v) is 5.01. The van der Waals surface area contributed by atoms with Gasteiger partial charge in [-0.3, -0.25) is 4.90 Å². The van der Waals surface area contributed by atoms with Crippen LogP contribution in [-0.4, -0.2) is 36.5 Å². The summed E-state index contributed by atoms with van der Waals surface area (Å²) in [6.45, 7) is 3.63. The van der Waals surface area contributed by atoms with E-state index in [0.717, 1.165) is 12.1 Å². The minimum atomic E-state index is -4.64. The van der Waals surface area contributed by atoms with Gasteiger partial charge in [-0.15, -0.1) is 0 Å². The highest BCUT2D eigenvalue weighted by Crippen LogP contribution is 2.51. The number of halogens is 6. The van der Waals surface area contributed by atoms with Gasteiger partial charge in [-0.05, 0) is 25.0 Å². The monoisotopic (exact) mass is 366 g/mol. The first kappa shape index (κ1) is 18.5. The molecule has 2 unspecified atom stereocenters. The Kier molecular flexibility index (Phi) is 4.79. The van der Waals surface area contributed by atoms with Crippen LogP contribution in [0, 0.1) is 11.7 Å². The number of hydrogen-bond acceptors (Lipinski definition) is 2. The van der Waals surface area contributed by atoms with E-state index in [1.807, 2.05) is 11.8 Å². The lowest BCUT2D eigenvalue weighted by molar-refractivity contribution is -0.138. The lowest BCUT2D eigenvalue weighted by Crippen LogP contribution is -2.54. The molecule has 8 heteroatoms. The van der Waals surface area contributed by atoms with Crippen LogP contribution >= 0.6 is 0 Å². The van der Waals surface area contributed by atoms with Gasteiger partial charge in [-0.25, -0.2) is 13.2 Å². The summed E-state index contributed by atoms with van der Waals surface area (Å²) in [6, 6.07) is 1.87. The van der Waals surface area contributed by atoms with Crippen LogP contribution in [0.3, 0.4) is 0 Å². The van der Waals surface area contributed by atoms with E-state index in [1.165, 1.54) is 0 Å². The van der Waals surface area contributed by atoms with Gasteiger partial charge < -0.3 is 5.32 Å².